The maximum atomic E-state index is 9.53. The van der Waals surface area contributed by atoms with Crippen LogP contribution in [0.1, 0.15) is 55.4 Å². The normalized spacial score (nSPS) is 8.47. The summed E-state index contributed by atoms with van der Waals surface area (Å²) >= 11 is 0. The molecule has 0 fully saturated rings. The first-order chi connectivity index (χ1) is 6.93. The van der Waals surface area contributed by atoms with Gasteiger partial charge in [0.1, 0.15) is 0 Å². The molecule has 0 atom stereocenters. The van der Waals surface area contributed by atoms with Gasteiger partial charge in [-0.1, -0.05) is 55.4 Å². The molecular formula is C12H28IrO4-4. The zero-order valence-corrected chi connectivity index (χ0v) is 14.7. The Morgan fingerprint density at radius 1 is 0.412 bits per heavy atom. The summed E-state index contributed by atoms with van der Waals surface area (Å²) in [6, 6.07) is 0. The molecular weight excluding hydrogens is 400 g/mol. The van der Waals surface area contributed by atoms with E-state index >= 15 is 0 Å². The van der Waals surface area contributed by atoms with Crippen molar-refractivity contribution in [3.63, 3.8) is 0 Å². The van der Waals surface area contributed by atoms with Crippen molar-refractivity contribution in [3.05, 3.63) is 0 Å². The van der Waals surface area contributed by atoms with Gasteiger partial charge in [0.15, 0.2) is 0 Å². The molecule has 0 saturated heterocycles. The Labute approximate surface area is 120 Å². The van der Waals surface area contributed by atoms with Gasteiger partial charge >= 0.3 is 0 Å². The van der Waals surface area contributed by atoms with E-state index in [4.69, 9.17) is 0 Å². The van der Waals surface area contributed by atoms with E-state index in [1.54, 1.807) is 55.4 Å². The average molecular weight is 429 g/mol. The zero-order valence-electron chi connectivity index (χ0n) is 12.3. The number of hydrogen-bond acceptors (Lipinski definition) is 4. The molecule has 0 aromatic heterocycles. The first kappa shape index (κ1) is 30.5. The van der Waals surface area contributed by atoms with Crippen LogP contribution in [0.4, 0.5) is 0 Å². The van der Waals surface area contributed by atoms with Crippen LogP contribution in [0.2, 0.25) is 0 Å². The van der Waals surface area contributed by atoms with Gasteiger partial charge in [0, 0.05) is 20.1 Å². The molecule has 0 bridgehead atoms. The molecule has 0 heterocycles. The average Bonchev–Trinajstić information content (AvgIpc) is 1.76. The summed E-state index contributed by atoms with van der Waals surface area (Å²) in [6.07, 6.45) is -1.67. The van der Waals surface area contributed by atoms with E-state index in [1.165, 1.54) is 0 Å². The van der Waals surface area contributed by atoms with E-state index in [1.807, 2.05) is 0 Å². The van der Waals surface area contributed by atoms with Crippen LogP contribution >= 0.6 is 0 Å². The Hall–Kier alpha value is 0.489. The van der Waals surface area contributed by atoms with Gasteiger partial charge in [0.25, 0.3) is 0 Å². The number of hydrogen-bond donors (Lipinski definition) is 0. The summed E-state index contributed by atoms with van der Waals surface area (Å²) in [5.41, 5.74) is 0. The molecule has 0 aliphatic heterocycles. The fourth-order valence-electron chi connectivity index (χ4n) is 0. The van der Waals surface area contributed by atoms with Crippen molar-refractivity contribution in [2.45, 2.75) is 79.8 Å². The van der Waals surface area contributed by atoms with Crippen LogP contribution in [0.5, 0.6) is 0 Å². The van der Waals surface area contributed by atoms with Gasteiger partial charge < -0.3 is 20.4 Å². The molecule has 113 valence electrons. The van der Waals surface area contributed by atoms with E-state index in [0.717, 1.165) is 0 Å². The number of rotatable bonds is 0. The van der Waals surface area contributed by atoms with Crippen molar-refractivity contribution in [3.8, 4) is 0 Å². The van der Waals surface area contributed by atoms with Crippen molar-refractivity contribution >= 4 is 0 Å². The van der Waals surface area contributed by atoms with Gasteiger partial charge in [-0.3, -0.25) is 0 Å². The Kier molecular flexibility index (Phi) is 45.5. The Bertz CT molecular complexity index is 61.5. The molecule has 0 aliphatic carbocycles. The third-order valence-corrected chi connectivity index (χ3v) is 0. The van der Waals surface area contributed by atoms with Crippen LogP contribution in [-0.2, 0) is 20.1 Å². The summed E-state index contributed by atoms with van der Waals surface area (Å²) in [7, 11) is 0. The molecule has 0 aromatic carbocycles. The van der Waals surface area contributed by atoms with E-state index in [9.17, 15) is 20.4 Å². The Morgan fingerprint density at radius 2 is 0.412 bits per heavy atom. The minimum Gasteiger partial charge on any atom is -0.852 e. The van der Waals surface area contributed by atoms with Gasteiger partial charge in [-0.05, 0) is 0 Å². The summed E-state index contributed by atoms with van der Waals surface area (Å²) in [5.74, 6) is 0. The van der Waals surface area contributed by atoms with Gasteiger partial charge in [-0.15, -0.1) is 24.4 Å². The van der Waals surface area contributed by atoms with Crippen LogP contribution < -0.4 is 20.4 Å². The fourth-order valence-corrected chi connectivity index (χ4v) is 0. The van der Waals surface area contributed by atoms with Crippen LogP contribution in [0.15, 0.2) is 0 Å². The van der Waals surface area contributed by atoms with E-state index in [2.05, 4.69) is 0 Å². The second-order valence-electron chi connectivity index (χ2n) is 4.20. The molecule has 0 rings (SSSR count). The van der Waals surface area contributed by atoms with Crippen molar-refractivity contribution in [2.24, 2.45) is 0 Å². The summed E-state index contributed by atoms with van der Waals surface area (Å²) < 4.78 is 0. The molecule has 0 spiro atoms. The van der Waals surface area contributed by atoms with Crippen LogP contribution in [0, 0.1) is 0 Å². The second kappa shape index (κ2) is 25.4. The largest absolute Gasteiger partial charge is 0.852 e. The zero-order chi connectivity index (χ0) is 14.3. The SMILES string of the molecule is CC(C)[O-].CC(C)[O-].CC(C)[O-].CC(C)[O-].[Ir]. The minimum absolute atomic E-state index is 0. The third-order valence-electron chi connectivity index (χ3n) is 0. The molecule has 0 aromatic rings. The van der Waals surface area contributed by atoms with Gasteiger partial charge in [-0.2, -0.15) is 0 Å². The molecule has 0 unspecified atom stereocenters. The van der Waals surface area contributed by atoms with Crippen molar-refractivity contribution in [1.29, 1.82) is 0 Å². The van der Waals surface area contributed by atoms with Gasteiger partial charge in [-0.25, -0.2) is 0 Å². The predicted molar refractivity (Wildman–Crippen MR) is 60.5 cm³/mol. The molecule has 0 aliphatic rings. The quantitative estimate of drug-likeness (QED) is 0.496. The van der Waals surface area contributed by atoms with Crippen LogP contribution in [-0.4, -0.2) is 24.4 Å². The molecule has 5 heteroatoms. The molecule has 0 amide bonds. The fraction of sp³-hybridized carbons (Fsp3) is 1.00. The summed E-state index contributed by atoms with van der Waals surface area (Å²) in [6.45, 7) is 12.9. The van der Waals surface area contributed by atoms with Gasteiger partial charge in [0.2, 0.25) is 0 Å². The first-order valence-electron chi connectivity index (χ1n) is 5.56. The predicted octanol–water partition coefficient (Wildman–Crippen LogP) is -0.982. The molecule has 17 heavy (non-hydrogen) atoms. The Balaban J connectivity index is -0.0000000369. The van der Waals surface area contributed by atoms with Crippen LogP contribution in [0.3, 0.4) is 0 Å². The molecule has 0 N–H and O–H groups in total. The molecule has 0 saturated carbocycles. The molecule has 1 radical (unpaired) electrons. The van der Waals surface area contributed by atoms with E-state index in [-0.39, 0.29) is 20.1 Å². The maximum Gasteiger partial charge on any atom is 0 e. The van der Waals surface area contributed by atoms with Gasteiger partial charge in [0.05, 0.1) is 0 Å². The third kappa shape index (κ3) is 14500. The summed E-state index contributed by atoms with van der Waals surface area (Å²) in [4.78, 5) is 0. The van der Waals surface area contributed by atoms with Crippen molar-refractivity contribution in [1.82, 2.24) is 0 Å². The smallest absolute Gasteiger partial charge is 0 e. The van der Waals surface area contributed by atoms with Crippen LogP contribution in [0.25, 0.3) is 0 Å². The summed E-state index contributed by atoms with van der Waals surface area (Å²) in [5, 5.41) is 38.1. The Morgan fingerprint density at radius 3 is 0.412 bits per heavy atom. The standard InChI is InChI=1S/4C3H7O.Ir/c4*1-3(2)4;/h4*3H,1-2H3;/q4*-1;. The monoisotopic (exact) mass is 429 g/mol. The van der Waals surface area contributed by atoms with E-state index in [0.29, 0.717) is 0 Å². The van der Waals surface area contributed by atoms with E-state index < -0.39 is 24.4 Å². The first-order valence-corrected chi connectivity index (χ1v) is 5.56. The van der Waals surface area contributed by atoms with Crippen molar-refractivity contribution < 1.29 is 40.5 Å². The topological polar surface area (TPSA) is 92.2 Å². The van der Waals surface area contributed by atoms with Crippen molar-refractivity contribution in [2.75, 3.05) is 0 Å². The maximum absolute atomic E-state index is 9.53. The molecule has 4 nitrogen and oxygen atoms in total. The minimum atomic E-state index is -0.417. The second-order valence-corrected chi connectivity index (χ2v) is 4.20.